The molecule has 3 heterocycles. The molecule has 9 heteroatoms. The van der Waals surface area contributed by atoms with Crippen molar-refractivity contribution >= 4 is 62.0 Å². The topological polar surface area (TPSA) is 62.9 Å². The number of carbonyl (C=O) groups is 1. The highest BCUT2D eigenvalue weighted by molar-refractivity contribution is 9.11. The number of aromatic nitrogens is 2. The van der Waals surface area contributed by atoms with E-state index in [-0.39, 0.29) is 5.91 Å². The Bertz CT molecular complexity index is 1310. The minimum Gasteiger partial charge on any atom is -0.273 e. The van der Waals surface area contributed by atoms with E-state index in [1.165, 1.54) is 11.8 Å². The van der Waals surface area contributed by atoms with Crippen molar-refractivity contribution in [3.05, 3.63) is 88.3 Å². The molecule has 5 rings (SSSR count). The number of benzene rings is 2. The molecule has 4 aromatic rings. The first-order valence-corrected chi connectivity index (χ1v) is 12.3. The van der Waals surface area contributed by atoms with Crippen LogP contribution in [0, 0.1) is 0 Å². The molecule has 1 fully saturated rings. The molecule has 0 spiro atoms. The quantitative estimate of drug-likeness (QED) is 0.245. The lowest BCUT2D eigenvalue weighted by Gasteiger charge is -2.14. The van der Waals surface area contributed by atoms with Gasteiger partial charge in [0.05, 0.1) is 32.0 Å². The predicted octanol–water partition coefficient (Wildman–Crippen LogP) is 5.83. The fourth-order valence-electron chi connectivity index (χ4n) is 3.24. The van der Waals surface area contributed by atoms with Crippen LogP contribution in [0.2, 0.25) is 0 Å². The Hall–Kier alpha value is -3.01. The van der Waals surface area contributed by atoms with E-state index >= 15 is 0 Å². The third-order valence-electron chi connectivity index (χ3n) is 4.69. The SMILES string of the molecule is O=C1CS/C(=N/N=C/c2cn(-c3ccccc3)nc2-c2ccc(Br)s2)N1c1ccccc1. The van der Waals surface area contributed by atoms with Crippen LogP contribution in [0.4, 0.5) is 5.69 Å². The van der Waals surface area contributed by atoms with Gasteiger partial charge < -0.3 is 0 Å². The summed E-state index contributed by atoms with van der Waals surface area (Å²) in [4.78, 5) is 15.0. The number of carbonyl (C=O) groups excluding carboxylic acids is 1. The average Bonchev–Trinajstić information content (AvgIpc) is 3.54. The Balaban J connectivity index is 1.49. The monoisotopic (exact) mass is 521 g/mol. The van der Waals surface area contributed by atoms with Crippen LogP contribution in [0.5, 0.6) is 0 Å². The Morgan fingerprint density at radius 1 is 0.969 bits per heavy atom. The molecule has 6 nitrogen and oxygen atoms in total. The Labute approximate surface area is 201 Å². The molecule has 1 aliphatic rings. The number of amidine groups is 1. The Morgan fingerprint density at radius 2 is 1.69 bits per heavy atom. The highest BCUT2D eigenvalue weighted by atomic mass is 79.9. The summed E-state index contributed by atoms with van der Waals surface area (Å²) in [5, 5.41) is 14.0. The average molecular weight is 522 g/mol. The summed E-state index contributed by atoms with van der Waals surface area (Å²) >= 11 is 6.51. The van der Waals surface area contributed by atoms with Gasteiger partial charge in [-0.1, -0.05) is 48.2 Å². The summed E-state index contributed by atoms with van der Waals surface area (Å²) in [5.41, 5.74) is 3.41. The maximum atomic E-state index is 12.4. The van der Waals surface area contributed by atoms with E-state index in [2.05, 4.69) is 26.1 Å². The van der Waals surface area contributed by atoms with Gasteiger partial charge in [-0.3, -0.25) is 9.69 Å². The number of thiophene rings is 1. The van der Waals surface area contributed by atoms with E-state index in [0.29, 0.717) is 10.9 Å². The van der Waals surface area contributed by atoms with Crippen molar-refractivity contribution < 1.29 is 4.79 Å². The second-order valence-electron chi connectivity index (χ2n) is 6.80. The van der Waals surface area contributed by atoms with Crippen molar-refractivity contribution in [1.29, 1.82) is 0 Å². The lowest BCUT2D eigenvalue weighted by Crippen LogP contribution is -2.28. The van der Waals surface area contributed by atoms with E-state index in [0.717, 1.165) is 31.3 Å². The third-order valence-corrected chi connectivity index (χ3v) is 7.23. The zero-order valence-electron chi connectivity index (χ0n) is 16.6. The zero-order valence-corrected chi connectivity index (χ0v) is 19.8. The van der Waals surface area contributed by atoms with Crippen LogP contribution in [0.25, 0.3) is 16.3 Å². The summed E-state index contributed by atoms with van der Waals surface area (Å²) < 4.78 is 2.87. The smallest absolute Gasteiger partial charge is 0.243 e. The summed E-state index contributed by atoms with van der Waals surface area (Å²) in [6.07, 6.45) is 3.62. The van der Waals surface area contributed by atoms with Crippen molar-refractivity contribution in [2.75, 3.05) is 10.7 Å². The van der Waals surface area contributed by atoms with Crippen molar-refractivity contribution in [3.8, 4) is 16.3 Å². The fraction of sp³-hybridized carbons (Fsp3) is 0.0435. The summed E-state index contributed by atoms with van der Waals surface area (Å²) in [7, 11) is 0. The number of amides is 1. The molecule has 1 aliphatic heterocycles. The molecule has 1 amide bonds. The lowest BCUT2D eigenvalue weighted by molar-refractivity contribution is -0.115. The largest absolute Gasteiger partial charge is 0.273 e. The number of thioether (sulfide) groups is 1. The maximum Gasteiger partial charge on any atom is 0.243 e. The van der Waals surface area contributed by atoms with Crippen LogP contribution in [0.1, 0.15) is 5.56 Å². The van der Waals surface area contributed by atoms with Crippen molar-refractivity contribution in [3.63, 3.8) is 0 Å². The van der Waals surface area contributed by atoms with Crippen molar-refractivity contribution in [2.45, 2.75) is 0 Å². The molecule has 2 aromatic heterocycles. The standard InChI is InChI=1S/C23H16BrN5OS2/c24-20-12-11-19(32-20)22-16(14-28(27-22)17-7-3-1-4-8-17)13-25-26-23-29(21(30)15-31-23)18-9-5-2-6-10-18/h1-14H,15H2/b25-13+,26-23+. The van der Waals surface area contributed by atoms with Crippen LogP contribution in [-0.2, 0) is 4.79 Å². The number of halogens is 1. The summed E-state index contributed by atoms with van der Waals surface area (Å²) in [6.45, 7) is 0. The van der Waals surface area contributed by atoms with Gasteiger partial charge in [-0.2, -0.15) is 10.2 Å². The number of nitrogens with zero attached hydrogens (tertiary/aromatic N) is 5. The van der Waals surface area contributed by atoms with Gasteiger partial charge in [-0.15, -0.1) is 16.4 Å². The number of rotatable bonds is 5. The molecule has 0 N–H and O–H groups in total. The van der Waals surface area contributed by atoms with Gasteiger partial charge in [0.1, 0.15) is 5.69 Å². The molecule has 0 atom stereocenters. The molecular weight excluding hydrogens is 506 g/mol. The molecule has 0 bridgehead atoms. The molecule has 0 unspecified atom stereocenters. The summed E-state index contributed by atoms with van der Waals surface area (Å²) in [5.74, 6) is 0.347. The first kappa shape index (κ1) is 20.9. The molecule has 0 aliphatic carbocycles. The molecule has 158 valence electrons. The molecule has 0 radical (unpaired) electrons. The first-order chi connectivity index (χ1) is 15.7. The minimum atomic E-state index is -0.00354. The Kier molecular flexibility index (Phi) is 6.02. The highest BCUT2D eigenvalue weighted by Crippen LogP contribution is 2.32. The zero-order chi connectivity index (χ0) is 21.9. The van der Waals surface area contributed by atoms with Crippen LogP contribution in [-0.4, -0.2) is 32.8 Å². The van der Waals surface area contributed by atoms with Gasteiger partial charge in [0.25, 0.3) is 0 Å². The Morgan fingerprint density at radius 3 is 2.38 bits per heavy atom. The number of anilines is 1. The minimum absolute atomic E-state index is 0.00354. The van der Waals surface area contributed by atoms with Gasteiger partial charge in [0.15, 0.2) is 5.17 Å². The fourth-order valence-corrected chi connectivity index (χ4v) is 5.45. The van der Waals surface area contributed by atoms with E-state index in [1.807, 2.05) is 83.7 Å². The molecule has 32 heavy (non-hydrogen) atoms. The summed E-state index contributed by atoms with van der Waals surface area (Å²) in [6, 6.07) is 23.4. The van der Waals surface area contributed by atoms with Crippen molar-refractivity contribution in [2.24, 2.45) is 10.2 Å². The van der Waals surface area contributed by atoms with Crippen LogP contribution in [0.15, 0.2) is 93.0 Å². The first-order valence-electron chi connectivity index (χ1n) is 9.72. The molecule has 2 aromatic carbocycles. The maximum absolute atomic E-state index is 12.4. The van der Waals surface area contributed by atoms with Gasteiger partial charge in [0, 0.05) is 11.8 Å². The normalized spacial score (nSPS) is 15.3. The molecule has 1 saturated heterocycles. The number of hydrogen-bond acceptors (Lipinski definition) is 6. The third kappa shape index (κ3) is 4.32. The molecule has 0 saturated carbocycles. The van der Waals surface area contributed by atoms with E-state index < -0.39 is 0 Å². The van der Waals surface area contributed by atoms with Crippen LogP contribution in [0.3, 0.4) is 0 Å². The van der Waals surface area contributed by atoms with E-state index in [1.54, 1.807) is 22.5 Å². The van der Waals surface area contributed by atoms with Crippen LogP contribution >= 0.6 is 39.0 Å². The number of para-hydroxylation sites is 2. The van der Waals surface area contributed by atoms with Gasteiger partial charge in [-0.25, -0.2) is 4.68 Å². The second-order valence-corrected chi connectivity index (χ2v) is 10.2. The van der Waals surface area contributed by atoms with E-state index in [9.17, 15) is 4.79 Å². The predicted molar refractivity (Wildman–Crippen MR) is 136 cm³/mol. The molecular formula is C23H16BrN5OS2. The number of hydrogen-bond donors (Lipinski definition) is 0. The van der Waals surface area contributed by atoms with Crippen LogP contribution < -0.4 is 4.90 Å². The highest BCUT2D eigenvalue weighted by Gasteiger charge is 2.29. The van der Waals surface area contributed by atoms with Gasteiger partial charge in [0.2, 0.25) is 5.91 Å². The lowest BCUT2D eigenvalue weighted by atomic mass is 10.2. The van der Waals surface area contributed by atoms with E-state index in [4.69, 9.17) is 5.10 Å². The van der Waals surface area contributed by atoms with Gasteiger partial charge >= 0.3 is 0 Å². The second kappa shape index (κ2) is 9.23. The van der Waals surface area contributed by atoms with Crippen molar-refractivity contribution in [1.82, 2.24) is 9.78 Å². The van der Waals surface area contributed by atoms with Gasteiger partial charge in [-0.05, 0) is 52.3 Å².